The number of thioether (sulfide) groups is 1. The molecule has 0 aromatic heterocycles. The van der Waals surface area contributed by atoms with Gasteiger partial charge in [0.1, 0.15) is 5.75 Å². The maximum Gasteiger partial charge on any atom is 0.235 e. The van der Waals surface area contributed by atoms with Crippen molar-refractivity contribution >= 4 is 17.8 Å². The van der Waals surface area contributed by atoms with Gasteiger partial charge in [0.15, 0.2) is 0 Å². The second-order valence-electron chi connectivity index (χ2n) is 4.61. The molecule has 1 fully saturated rings. The van der Waals surface area contributed by atoms with Crippen molar-refractivity contribution in [2.45, 2.75) is 36.6 Å². The molecule has 3 nitrogen and oxygen atoms in total. The molecular weight excluding hydrogens is 246 g/mol. The normalized spacial score (nSPS) is 16.6. The molecule has 0 N–H and O–H groups in total. The fourth-order valence-electron chi connectivity index (χ4n) is 2.45. The Morgan fingerprint density at radius 1 is 1.44 bits per heavy atom. The maximum atomic E-state index is 10.7. The van der Waals surface area contributed by atoms with E-state index < -0.39 is 0 Å². The molecule has 1 aliphatic carbocycles. The van der Waals surface area contributed by atoms with Gasteiger partial charge in [-0.25, -0.2) is 4.79 Å². The van der Waals surface area contributed by atoms with Crippen molar-refractivity contribution in [2.24, 2.45) is 4.99 Å². The van der Waals surface area contributed by atoms with Crippen LogP contribution in [0.3, 0.4) is 0 Å². The predicted octanol–water partition coefficient (Wildman–Crippen LogP) is 3.44. The van der Waals surface area contributed by atoms with Crippen LogP contribution in [0, 0.1) is 6.92 Å². The van der Waals surface area contributed by atoms with Gasteiger partial charge in [0.25, 0.3) is 0 Å². The van der Waals surface area contributed by atoms with Crippen LogP contribution in [0.2, 0.25) is 0 Å². The molecule has 0 bridgehead atoms. The number of rotatable bonds is 4. The first kappa shape index (κ1) is 13.2. The number of nitrogens with zero attached hydrogens (tertiary/aromatic N) is 1. The third kappa shape index (κ3) is 2.06. The highest BCUT2D eigenvalue weighted by Crippen LogP contribution is 2.49. The van der Waals surface area contributed by atoms with Gasteiger partial charge in [0, 0.05) is 4.90 Å². The lowest BCUT2D eigenvalue weighted by molar-refractivity contribution is 0.250. The average Bonchev–Trinajstić information content (AvgIpc) is 2.33. The summed E-state index contributed by atoms with van der Waals surface area (Å²) in [5.74, 6) is 0.857. The number of carbonyl (C=O) groups excluding carboxylic acids is 1. The molecule has 1 aliphatic rings. The monoisotopic (exact) mass is 263 g/mol. The maximum absolute atomic E-state index is 10.7. The highest BCUT2D eigenvalue weighted by Gasteiger charge is 2.40. The van der Waals surface area contributed by atoms with Crippen LogP contribution in [0.15, 0.2) is 22.0 Å². The summed E-state index contributed by atoms with van der Waals surface area (Å²) >= 11 is 1.69. The SMILES string of the molecule is COc1cc(C2(N=C=O)CCC2)c(SC)cc1C. The van der Waals surface area contributed by atoms with Crippen LogP contribution < -0.4 is 4.74 Å². The molecule has 0 unspecified atom stereocenters. The van der Waals surface area contributed by atoms with Crippen LogP contribution in [0.4, 0.5) is 0 Å². The van der Waals surface area contributed by atoms with E-state index in [-0.39, 0.29) is 5.54 Å². The molecular formula is C14H17NO2S. The standard InChI is InChI=1S/C14H17NO2S/c1-10-7-13(18-3)11(8-12(10)17-2)14(15-9-16)5-4-6-14/h7-8H,4-6H2,1-3H3. The van der Waals surface area contributed by atoms with Gasteiger partial charge in [-0.15, -0.1) is 11.8 Å². The number of ether oxygens (including phenoxy) is 1. The Morgan fingerprint density at radius 3 is 2.61 bits per heavy atom. The van der Waals surface area contributed by atoms with Crippen LogP contribution in [0.1, 0.15) is 30.4 Å². The molecule has 1 aromatic carbocycles. The van der Waals surface area contributed by atoms with Gasteiger partial charge in [-0.3, -0.25) is 0 Å². The first-order valence-corrected chi connectivity index (χ1v) is 7.21. The Labute approximate surface area is 112 Å². The van der Waals surface area contributed by atoms with Gasteiger partial charge in [0.05, 0.1) is 12.6 Å². The minimum absolute atomic E-state index is 0.360. The summed E-state index contributed by atoms with van der Waals surface area (Å²) in [7, 11) is 1.67. The van der Waals surface area contributed by atoms with Gasteiger partial charge < -0.3 is 4.74 Å². The third-order valence-corrected chi connectivity index (χ3v) is 4.44. The zero-order valence-corrected chi connectivity index (χ0v) is 11.8. The molecule has 0 amide bonds. The molecule has 0 aliphatic heterocycles. The lowest BCUT2D eigenvalue weighted by atomic mass is 9.72. The summed E-state index contributed by atoms with van der Waals surface area (Å²) < 4.78 is 5.38. The van der Waals surface area contributed by atoms with Gasteiger partial charge in [-0.05, 0) is 55.7 Å². The van der Waals surface area contributed by atoms with E-state index in [0.29, 0.717) is 0 Å². The average molecular weight is 263 g/mol. The summed E-state index contributed by atoms with van der Waals surface area (Å²) in [6, 6.07) is 4.14. The van der Waals surface area contributed by atoms with E-state index in [4.69, 9.17) is 4.74 Å². The van der Waals surface area contributed by atoms with Crippen molar-refractivity contribution in [2.75, 3.05) is 13.4 Å². The summed E-state index contributed by atoms with van der Waals surface area (Å²) in [6.07, 6.45) is 6.72. The Kier molecular flexibility index (Phi) is 3.79. The third-order valence-electron chi connectivity index (χ3n) is 3.66. The molecule has 0 heterocycles. The lowest BCUT2D eigenvalue weighted by Gasteiger charge is -2.38. The Morgan fingerprint density at radius 2 is 2.17 bits per heavy atom. The van der Waals surface area contributed by atoms with Crippen LogP contribution in [-0.4, -0.2) is 19.4 Å². The quantitative estimate of drug-likeness (QED) is 0.474. The van der Waals surface area contributed by atoms with Crippen molar-refractivity contribution in [1.82, 2.24) is 0 Å². The number of benzene rings is 1. The summed E-state index contributed by atoms with van der Waals surface area (Å²) in [4.78, 5) is 15.9. The van der Waals surface area contributed by atoms with E-state index in [9.17, 15) is 4.79 Å². The predicted molar refractivity (Wildman–Crippen MR) is 73.2 cm³/mol. The number of aryl methyl sites for hydroxylation is 1. The fraction of sp³-hybridized carbons (Fsp3) is 0.500. The van der Waals surface area contributed by atoms with E-state index in [1.807, 2.05) is 19.2 Å². The van der Waals surface area contributed by atoms with Gasteiger partial charge >= 0.3 is 0 Å². The molecule has 1 saturated carbocycles. The molecule has 0 saturated heterocycles. The zero-order chi connectivity index (χ0) is 13.2. The largest absolute Gasteiger partial charge is 0.496 e. The first-order valence-electron chi connectivity index (χ1n) is 5.99. The van der Waals surface area contributed by atoms with Gasteiger partial charge in [-0.1, -0.05) is 0 Å². The van der Waals surface area contributed by atoms with Gasteiger partial charge in [-0.2, -0.15) is 4.99 Å². The van der Waals surface area contributed by atoms with E-state index >= 15 is 0 Å². The smallest absolute Gasteiger partial charge is 0.235 e. The van der Waals surface area contributed by atoms with Crippen molar-refractivity contribution < 1.29 is 9.53 Å². The van der Waals surface area contributed by atoms with Crippen molar-refractivity contribution in [3.8, 4) is 5.75 Å². The molecule has 0 spiro atoms. The van der Waals surface area contributed by atoms with E-state index in [0.717, 1.165) is 36.1 Å². The Bertz CT molecular complexity index is 503. The fourth-order valence-corrected chi connectivity index (χ4v) is 3.22. The van der Waals surface area contributed by atoms with Crippen molar-refractivity contribution in [3.05, 3.63) is 23.3 Å². The highest BCUT2D eigenvalue weighted by atomic mass is 32.2. The second kappa shape index (κ2) is 5.17. The molecule has 4 heteroatoms. The molecule has 2 rings (SSSR count). The second-order valence-corrected chi connectivity index (χ2v) is 5.46. The summed E-state index contributed by atoms with van der Waals surface area (Å²) in [6.45, 7) is 2.03. The van der Waals surface area contributed by atoms with Crippen molar-refractivity contribution in [1.29, 1.82) is 0 Å². The Balaban J connectivity index is 2.57. The Hall–Kier alpha value is -1.25. The molecule has 0 radical (unpaired) electrons. The van der Waals surface area contributed by atoms with Gasteiger partial charge in [0.2, 0.25) is 6.08 Å². The molecule has 18 heavy (non-hydrogen) atoms. The zero-order valence-electron chi connectivity index (χ0n) is 10.9. The number of aliphatic imine (C=N–C) groups is 1. The van der Waals surface area contributed by atoms with Crippen LogP contribution in [0.5, 0.6) is 5.75 Å². The summed E-state index contributed by atoms with van der Waals surface area (Å²) in [5.41, 5.74) is 1.85. The highest BCUT2D eigenvalue weighted by molar-refractivity contribution is 7.98. The van der Waals surface area contributed by atoms with Crippen molar-refractivity contribution in [3.63, 3.8) is 0 Å². The molecule has 96 valence electrons. The summed E-state index contributed by atoms with van der Waals surface area (Å²) in [5, 5.41) is 0. The molecule has 1 aromatic rings. The number of isocyanates is 1. The topological polar surface area (TPSA) is 38.7 Å². The van der Waals surface area contributed by atoms with Crippen LogP contribution in [-0.2, 0) is 10.3 Å². The molecule has 0 atom stereocenters. The number of hydrogen-bond acceptors (Lipinski definition) is 4. The number of hydrogen-bond donors (Lipinski definition) is 0. The van der Waals surface area contributed by atoms with Crippen LogP contribution in [0.25, 0.3) is 0 Å². The first-order chi connectivity index (χ1) is 8.66. The minimum atomic E-state index is -0.360. The van der Waals surface area contributed by atoms with E-state index in [1.54, 1.807) is 25.0 Å². The van der Waals surface area contributed by atoms with E-state index in [2.05, 4.69) is 11.1 Å². The minimum Gasteiger partial charge on any atom is -0.496 e. The lowest BCUT2D eigenvalue weighted by Crippen LogP contribution is -2.32. The number of methoxy groups -OCH3 is 1. The van der Waals surface area contributed by atoms with E-state index in [1.165, 1.54) is 4.90 Å². The van der Waals surface area contributed by atoms with Crippen LogP contribution >= 0.6 is 11.8 Å².